The molecule has 0 fully saturated rings. The summed E-state index contributed by atoms with van der Waals surface area (Å²) in [6.45, 7) is 4.17. The van der Waals surface area contributed by atoms with Crippen LogP contribution in [0.1, 0.15) is 38.9 Å². The van der Waals surface area contributed by atoms with Gasteiger partial charge < -0.3 is 29.5 Å². The lowest BCUT2D eigenvalue weighted by molar-refractivity contribution is -0.140. The van der Waals surface area contributed by atoms with Crippen molar-refractivity contribution in [2.75, 3.05) is 19.8 Å². The van der Waals surface area contributed by atoms with Gasteiger partial charge in [0.1, 0.15) is 17.2 Å². The van der Waals surface area contributed by atoms with Crippen molar-refractivity contribution in [3.63, 3.8) is 0 Å². The van der Waals surface area contributed by atoms with Crippen molar-refractivity contribution in [1.29, 1.82) is 0 Å². The Bertz CT molecular complexity index is 1250. The maximum atomic E-state index is 11.4. The van der Waals surface area contributed by atoms with Gasteiger partial charge in [0.2, 0.25) is 0 Å². The molecule has 0 aliphatic rings. The topological polar surface area (TPSA) is 140 Å². The summed E-state index contributed by atoms with van der Waals surface area (Å²) in [5, 5.41) is 27.4. The number of rotatable bonds is 13. The second kappa shape index (κ2) is 12.6. The van der Waals surface area contributed by atoms with Gasteiger partial charge in [-0.15, -0.1) is 0 Å². The Hall–Kier alpha value is -4.53. The number of aryl methyl sites for hydroxylation is 3. The van der Waals surface area contributed by atoms with Gasteiger partial charge in [0.05, 0.1) is 0 Å². The highest BCUT2D eigenvalue weighted by Crippen LogP contribution is 2.34. The molecule has 0 unspecified atom stereocenters. The van der Waals surface area contributed by atoms with Gasteiger partial charge in [0.15, 0.2) is 19.8 Å². The minimum atomic E-state index is -1.13. The standard InChI is InChI=1S/C29H30O9/c1-17-4-6-24(36-14-26(30)31)20(8-17)12-22-10-19(3)11-23(29(22)38-16-28(34)35)13-21-9-18(2)5-7-25(21)37-15-27(32)33/h4-11H,12-16H2,1-3H3,(H,30,31)(H,32,33)(H,34,35). The van der Waals surface area contributed by atoms with Crippen LogP contribution in [0.4, 0.5) is 0 Å². The number of benzene rings is 3. The SMILES string of the molecule is Cc1ccc(OCC(=O)O)c(Cc2cc(C)cc(Cc3cc(C)ccc3OCC(=O)O)c2OCC(=O)O)c1. The van der Waals surface area contributed by atoms with Crippen LogP contribution in [0.3, 0.4) is 0 Å². The maximum Gasteiger partial charge on any atom is 0.341 e. The molecule has 3 rings (SSSR count). The highest BCUT2D eigenvalue weighted by Gasteiger charge is 2.18. The molecule has 0 aliphatic carbocycles. The van der Waals surface area contributed by atoms with Crippen LogP contribution in [0.5, 0.6) is 17.2 Å². The first-order valence-corrected chi connectivity index (χ1v) is 11.9. The minimum absolute atomic E-state index is 0.302. The molecule has 3 N–H and O–H groups in total. The fourth-order valence-corrected chi connectivity index (χ4v) is 4.17. The second-order valence-electron chi connectivity index (χ2n) is 9.04. The first-order valence-electron chi connectivity index (χ1n) is 11.9. The Balaban J connectivity index is 2.07. The summed E-state index contributed by atoms with van der Waals surface area (Å²) in [6.07, 6.45) is 0.604. The summed E-state index contributed by atoms with van der Waals surface area (Å²) in [6, 6.07) is 14.6. The van der Waals surface area contributed by atoms with E-state index in [2.05, 4.69) is 0 Å². The predicted octanol–water partition coefficient (Wildman–Crippen LogP) is 4.18. The minimum Gasteiger partial charge on any atom is -0.482 e. The Morgan fingerprint density at radius 2 is 0.921 bits per heavy atom. The van der Waals surface area contributed by atoms with E-state index >= 15 is 0 Å². The number of ether oxygens (including phenoxy) is 3. The molecule has 9 heteroatoms. The fourth-order valence-electron chi connectivity index (χ4n) is 4.17. The first kappa shape index (κ1) is 28.0. The zero-order valence-corrected chi connectivity index (χ0v) is 21.4. The second-order valence-corrected chi connectivity index (χ2v) is 9.04. The molecule has 0 aromatic heterocycles. The molecule has 0 bridgehead atoms. The molecule has 0 amide bonds. The third-order valence-corrected chi connectivity index (χ3v) is 5.62. The van der Waals surface area contributed by atoms with Gasteiger partial charge in [-0.05, 0) is 55.2 Å². The molecule has 0 saturated heterocycles. The number of hydrogen-bond acceptors (Lipinski definition) is 6. The van der Waals surface area contributed by atoms with E-state index in [0.717, 1.165) is 27.8 Å². The number of aliphatic carboxylic acids is 3. The maximum absolute atomic E-state index is 11.4. The van der Waals surface area contributed by atoms with E-state index in [1.54, 1.807) is 12.1 Å². The van der Waals surface area contributed by atoms with Gasteiger partial charge in [-0.2, -0.15) is 0 Å². The molecule has 0 heterocycles. The number of carboxylic acids is 3. The van der Waals surface area contributed by atoms with Crippen LogP contribution >= 0.6 is 0 Å². The summed E-state index contributed by atoms with van der Waals surface area (Å²) >= 11 is 0. The van der Waals surface area contributed by atoms with E-state index in [4.69, 9.17) is 24.4 Å². The van der Waals surface area contributed by atoms with E-state index in [-0.39, 0.29) is 0 Å². The van der Waals surface area contributed by atoms with Gasteiger partial charge in [0.25, 0.3) is 0 Å². The summed E-state index contributed by atoms with van der Waals surface area (Å²) in [7, 11) is 0. The van der Waals surface area contributed by atoms with Crippen molar-refractivity contribution < 1.29 is 43.9 Å². The zero-order chi connectivity index (χ0) is 27.8. The average molecular weight is 523 g/mol. The summed E-state index contributed by atoms with van der Waals surface area (Å²) < 4.78 is 16.8. The summed E-state index contributed by atoms with van der Waals surface area (Å²) in [5.41, 5.74) is 5.65. The van der Waals surface area contributed by atoms with Crippen LogP contribution in [-0.2, 0) is 27.2 Å². The van der Waals surface area contributed by atoms with Crippen molar-refractivity contribution in [2.45, 2.75) is 33.6 Å². The fraction of sp³-hybridized carbons (Fsp3) is 0.276. The third-order valence-electron chi connectivity index (χ3n) is 5.62. The van der Waals surface area contributed by atoms with E-state index in [0.29, 0.717) is 41.2 Å². The first-order chi connectivity index (χ1) is 18.0. The van der Waals surface area contributed by atoms with Gasteiger partial charge in [0, 0.05) is 12.8 Å². The number of carboxylic acid groups (broad SMARTS) is 3. The quantitative estimate of drug-likeness (QED) is 0.301. The van der Waals surface area contributed by atoms with E-state index in [9.17, 15) is 19.5 Å². The van der Waals surface area contributed by atoms with Crippen molar-refractivity contribution in [1.82, 2.24) is 0 Å². The number of hydrogen-bond donors (Lipinski definition) is 3. The monoisotopic (exact) mass is 522 g/mol. The summed E-state index contributed by atoms with van der Waals surface area (Å²) in [5.74, 6) is -2.13. The molecule has 200 valence electrons. The van der Waals surface area contributed by atoms with Gasteiger partial charge in [-0.3, -0.25) is 0 Å². The molecule has 3 aromatic rings. The Kier molecular flexibility index (Phi) is 9.32. The molecular weight excluding hydrogens is 492 g/mol. The van der Waals surface area contributed by atoms with Crippen LogP contribution in [0.15, 0.2) is 48.5 Å². The lowest BCUT2D eigenvalue weighted by atomic mass is 9.93. The molecule has 3 aromatic carbocycles. The molecule has 0 radical (unpaired) electrons. The van der Waals surface area contributed by atoms with Gasteiger partial charge >= 0.3 is 17.9 Å². The number of carbonyl (C=O) groups is 3. The average Bonchev–Trinajstić information content (AvgIpc) is 2.82. The van der Waals surface area contributed by atoms with E-state index in [1.807, 2.05) is 57.2 Å². The molecule has 0 aliphatic heterocycles. The van der Waals surface area contributed by atoms with Crippen LogP contribution in [-0.4, -0.2) is 53.0 Å². The Morgan fingerprint density at radius 3 is 1.32 bits per heavy atom. The van der Waals surface area contributed by atoms with Crippen LogP contribution in [0, 0.1) is 20.8 Å². The highest BCUT2D eigenvalue weighted by atomic mass is 16.5. The molecular formula is C29H30O9. The van der Waals surface area contributed by atoms with Crippen LogP contribution < -0.4 is 14.2 Å². The van der Waals surface area contributed by atoms with Crippen molar-refractivity contribution in [3.8, 4) is 17.2 Å². The highest BCUT2D eigenvalue weighted by molar-refractivity contribution is 5.69. The van der Waals surface area contributed by atoms with E-state index in [1.165, 1.54) is 0 Å². The van der Waals surface area contributed by atoms with Crippen molar-refractivity contribution in [2.24, 2.45) is 0 Å². The smallest absolute Gasteiger partial charge is 0.341 e. The Morgan fingerprint density at radius 1 is 0.553 bits per heavy atom. The van der Waals surface area contributed by atoms with E-state index < -0.39 is 37.7 Å². The predicted molar refractivity (Wildman–Crippen MR) is 139 cm³/mol. The molecule has 9 nitrogen and oxygen atoms in total. The largest absolute Gasteiger partial charge is 0.482 e. The van der Waals surface area contributed by atoms with Gasteiger partial charge in [-0.1, -0.05) is 53.1 Å². The van der Waals surface area contributed by atoms with Crippen LogP contribution in [0.25, 0.3) is 0 Å². The normalized spacial score (nSPS) is 10.6. The van der Waals surface area contributed by atoms with Crippen molar-refractivity contribution in [3.05, 3.63) is 87.5 Å². The zero-order valence-electron chi connectivity index (χ0n) is 21.4. The molecule has 0 spiro atoms. The van der Waals surface area contributed by atoms with Crippen LogP contribution in [0.2, 0.25) is 0 Å². The summed E-state index contributed by atoms with van der Waals surface area (Å²) in [4.78, 5) is 33.5. The van der Waals surface area contributed by atoms with Gasteiger partial charge in [-0.25, -0.2) is 14.4 Å². The molecule has 0 atom stereocenters. The van der Waals surface area contributed by atoms with Crippen molar-refractivity contribution >= 4 is 17.9 Å². The third kappa shape index (κ3) is 7.99. The lowest BCUT2D eigenvalue weighted by Gasteiger charge is -2.19. The Labute approximate surface area is 220 Å². The molecule has 0 saturated carbocycles. The molecule has 38 heavy (non-hydrogen) atoms. The lowest BCUT2D eigenvalue weighted by Crippen LogP contribution is -2.14.